The highest BCUT2D eigenvalue weighted by molar-refractivity contribution is 6.61. The minimum atomic E-state index is -0.385. The third-order valence-corrected chi connectivity index (χ3v) is 4.37. The van der Waals surface area contributed by atoms with E-state index in [1.165, 1.54) is 12.8 Å². The maximum absolute atomic E-state index is 6.05. The third-order valence-electron chi connectivity index (χ3n) is 4.37. The zero-order valence-corrected chi connectivity index (χ0v) is 12.4. The number of aromatic nitrogens is 2. The van der Waals surface area contributed by atoms with Gasteiger partial charge in [-0.2, -0.15) is 0 Å². The normalized spacial score (nSPS) is 24.8. The molecule has 0 radical (unpaired) electrons. The molecular weight excluding hydrogens is 239 g/mol. The Bertz CT molecular complexity index is 496. The van der Waals surface area contributed by atoms with E-state index in [1.807, 2.05) is 13.0 Å². The third kappa shape index (κ3) is 2.30. The Morgan fingerprint density at radius 1 is 1.11 bits per heavy atom. The molecule has 1 aromatic heterocycles. The van der Waals surface area contributed by atoms with Gasteiger partial charge in [0.1, 0.15) is 5.82 Å². The molecule has 5 heteroatoms. The van der Waals surface area contributed by atoms with Crippen molar-refractivity contribution in [2.45, 2.75) is 64.6 Å². The van der Waals surface area contributed by atoms with Crippen molar-refractivity contribution in [3.8, 4) is 0 Å². The van der Waals surface area contributed by atoms with E-state index >= 15 is 0 Å². The van der Waals surface area contributed by atoms with E-state index < -0.39 is 0 Å². The Hall–Kier alpha value is -0.935. The number of hydrogen-bond donors (Lipinski definition) is 0. The lowest BCUT2D eigenvalue weighted by atomic mass is 9.84. The van der Waals surface area contributed by atoms with Crippen LogP contribution in [0, 0.1) is 6.92 Å². The Morgan fingerprint density at radius 2 is 1.68 bits per heavy atom. The first-order chi connectivity index (χ1) is 8.78. The lowest BCUT2D eigenvalue weighted by Crippen LogP contribution is -2.41. The van der Waals surface area contributed by atoms with Gasteiger partial charge in [-0.25, -0.2) is 9.97 Å². The molecule has 0 bridgehead atoms. The van der Waals surface area contributed by atoms with Gasteiger partial charge in [0, 0.05) is 11.6 Å². The van der Waals surface area contributed by atoms with Crippen LogP contribution >= 0.6 is 0 Å². The van der Waals surface area contributed by atoms with E-state index in [2.05, 4.69) is 37.7 Å². The molecule has 0 N–H and O–H groups in total. The second kappa shape index (κ2) is 4.03. The quantitative estimate of drug-likeness (QED) is 0.762. The molecule has 0 spiro atoms. The van der Waals surface area contributed by atoms with Gasteiger partial charge in [0.15, 0.2) is 0 Å². The fraction of sp³-hybridized carbons (Fsp3) is 0.714. The Morgan fingerprint density at radius 3 is 2.21 bits per heavy atom. The van der Waals surface area contributed by atoms with Crippen molar-refractivity contribution in [3.05, 3.63) is 17.6 Å². The molecule has 102 valence electrons. The fourth-order valence-corrected chi connectivity index (χ4v) is 2.29. The van der Waals surface area contributed by atoms with Crippen LogP contribution in [0.1, 0.15) is 58.0 Å². The van der Waals surface area contributed by atoms with Gasteiger partial charge >= 0.3 is 7.12 Å². The van der Waals surface area contributed by atoms with Crippen molar-refractivity contribution >= 4 is 12.7 Å². The summed E-state index contributed by atoms with van der Waals surface area (Å²) in [5.74, 6) is 1.41. The van der Waals surface area contributed by atoms with Crippen LogP contribution in [-0.4, -0.2) is 28.3 Å². The van der Waals surface area contributed by atoms with E-state index in [1.54, 1.807) is 0 Å². The minimum absolute atomic E-state index is 0.323. The highest BCUT2D eigenvalue weighted by Gasteiger charge is 2.52. The highest BCUT2D eigenvalue weighted by atomic mass is 16.7. The second-order valence-electron chi connectivity index (χ2n) is 6.63. The number of nitrogens with zero attached hydrogens (tertiary/aromatic N) is 2. The van der Waals surface area contributed by atoms with Crippen molar-refractivity contribution in [1.82, 2.24) is 9.97 Å². The summed E-state index contributed by atoms with van der Waals surface area (Å²) >= 11 is 0. The van der Waals surface area contributed by atoms with Gasteiger partial charge < -0.3 is 9.31 Å². The van der Waals surface area contributed by atoms with Crippen LogP contribution in [0.3, 0.4) is 0 Å². The largest absolute Gasteiger partial charge is 0.514 e. The molecule has 0 amide bonds. The van der Waals surface area contributed by atoms with Gasteiger partial charge in [-0.3, -0.25) is 0 Å². The molecule has 2 aliphatic rings. The first-order valence-corrected chi connectivity index (χ1v) is 7.00. The Kier molecular flexibility index (Phi) is 2.77. The van der Waals surface area contributed by atoms with Crippen molar-refractivity contribution in [2.75, 3.05) is 0 Å². The van der Waals surface area contributed by atoms with Gasteiger partial charge in [0.25, 0.3) is 0 Å². The van der Waals surface area contributed by atoms with E-state index in [4.69, 9.17) is 9.31 Å². The number of rotatable bonds is 2. The van der Waals surface area contributed by atoms with Gasteiger partial charge in [-0.15, -0.1) is 0 Å². The standard InChI is InChI=1S/C14H21BN2O2/c1-9-16-11(10-6-7-10)8-12(17-9)15-18-13(2,3)14(4,5)19-15/h8,10H,6-7H2,1-5H3. The highest BCUT2D eigenvalue weighted by Crippen LogP contribution is 2.39. The van der Waals surface area contributed by atoms with Gasteiger partial charge in [-0.05, 0) is 53.5 Å². The van der Waals surface area contributed by atoms with Crippen LogP contribution in [-0.2, 0) is 9.31 Å². The molecule has 19 heavy (non-hydrogen) atoms. The molecule has 2 fully saturated rings. The first-order valence-electron chi connectivity index (χ1n) is 7.00. The van der Waals surface area contributed by atoms with Crippen molar-refractivity contribution in [1.29, 1.82) is 0 Å². The van der Waals surface area contributed by atoms with Crippen LogP contribution in [0.25, 0.3) is 0 Å². The molecule has 1 saturated heterocycles. The van der Waals surface area contributed by atoms with E-state index in [0.717, 1.165) is 17.1 Å². The predicted octanol–water partition coefficient (Wildman–Crippen LogP) is 1.96. The maximum Gasteiger partial charge on any atom is 0.514 e. The van der Waals surface area contributed by atoms with Gasteiger partial charge in [0.05, 0.1) is 16.8 Å². The Labute approximate surface area is 115 Å². The zero-order valence-electron chi connectivity index (χ0n) is 12.4. The van der Waals surface area contributed by atoms with Crippen molar-refractivity contribution in [3.63, 3.8) is 0 Å². The summed E-state index contributed by atoms with van der Waals surface area (Å²) in [6.45, 7) is 10.2. The molecule has 1 saturated carbocycles. The van der Waals surface area contributed by atoms with E-state index in [0.29, 0.717) is 5.92 Å². The summed E-state index contributed by atoms with van der Waals surface area (Å²) in [6, 6.07) is 2.05. The van der Waals surface area contributed by atoms with Crippen LogP contribution in [0.4, 0.5) is 0 Å². The lowest BCUT2D eigenvalue weighted by Gasteiger charge is -2.32. The van der Waals surface area contributed by atoms with Crippen LogP contribution in [0.2, 0.25) is 0 Å². The van der Waals surface area contributed by atoms with Crippen molar-refractivity contribution in [2.24, 2.45) is 0 Å². The fourth-order valence-electron chi connectivity index (χ4n) is 2.29. The number of aryl methyl sites for hydroxylation is 1. The molecule has 1 aliphatic carbocycles. The van der Waals surface area contributed by atoms with Crippen LogP contribution in [0.5, 0.6) is 0 Å². The van der Waals surface area contributed by atoms with Crippen LogP contribution in [0.15, 0.2) is 6.07 Å². The van der Waals surface area contributed by atoms with E-state index in [-0.39, 0.29) is 18.3 Å². The van der Waals surface area contributed by atoms with Gasteiger partial charge in [0.2, 0.25) is 0 Å². The zero-order chi connectivity index (χ0) is 13.8. The second-order valence-corrected chi connectivity index (χ2v) is 6.63. The summed E-state index contributed by atoms with van der Waals surface area (Å²) < 4.78 is 12.1. The molecule has 0 atom stereocenters. The molecule has 2 heterocycles. The summed E-state index contributed by atoms with van der Waals surface area (Å²) in [4.78, 5) is 9.01. The lowest BCUT2D eigenvalue weighted by molar-refractivity contribution is 0.00578. The summed E-state index contributed by atoms with van der Waals surface area (Å²) in [5, 5.41) is 0. The Balaban J connectivity index is 1.91. The first kappa shape index (κ1) is 13.1. The summed E-state index contributed by atoms with van der Waals surface area (Å²) in [5.41, 5.74) is 1.34. The molecule has 1 aromatic rings. The van der Waals surface area contributed by atoms with E-state index in [9.17, 15) is 0 Å². The SMILES string of the molecule is Cc1nc(B2OC(C)(C)C(C)(C)O2)cc(C2CC2)n1. The van der Waals surface area contributed by atoms with Crippen molar-refractivity contribution < 1.29 is 9.31 Å². The average molecular weight is 260 g/mol. The molecule has 0 unspecified atom stereocenters. The molecule has 3 rings (SSSR count). The topological polar surface area (TPSA) is 44.2 Å². The van der Waals surface area contributed by atoms with Gasteiger partial charge in [-0.1, -0.05) is 0 Å². The summed E-state index contributed by atoms with van der Waals surface area (Å²) in [6.07, 6.45) is 2.47. The molecule has 0 aromatic carbocycles. The summed E-state index contributed by atoms with van der Waals surface area (Å²) in [7, 11) is -0.385. The van der Waals surface area contributed by atoms with Crippen LogP contribution < -0.4 is 5.59 Å². The molecule has 4 nitrogen and oxygen atoms in total. The molecular formula is C14H21BN2O2. The monoisotopic (exact) mass is 260 g/mol. The molecule has 1 aliphatic heterocycles. The predicted molar refractivity (Wildman–Crippen MR) is 74.5 cm³/mol. The average Bonchev–Trinajstić information content (AvgIpc) is 3.06. The number of hydrogen-bond acceptors (Lipinski definition) is 4. The minimum Gasteiger partial charge on any atom is -0.398 e. The smallest absolute Gasteiger partial charge is 0.398 e. The maximum atomic E-state index is 6.05.